The average Bonchev–Trinajstić information content (AvgIpc) is 2.84. The lowest BCUT2D eigenvalue weighted by Gasteiger charge is -2.03. The zero-order chi connectivity index (χ0) is 12.3. The van der Waals surface area contributed by atoms with Gasteiger partial charge in [0, 0.05) is 19.4 Å². The van der Waals surface area contributed by atoms with Crippen LogP contribution in [-0.4, -0.2) is 25.5 Å². The third-order valence-corrected chi connectivity index (χ3v) is 2.35. The maximum absolute atomic E-state index is 10.7. The summed E-state index contributed by atoms with van der Waals surface area (Å²) in [5, 5.41) is 11.3. The lowest BCUT2D eigenvalue weighted by molar-refractivity contribution is -0.118. The van der Waals surface area contributed by atoms with Crippen LogP contribution in [0.25, 0.3) is 0 Å². The van der Waals surface area contributed by atoms with E-state index in [2.05, 4.69) is 15.5 Å². The number of primary amides is 1. The van der Waals surface area contributed by atoms with Crippen molar-refractivity contribution in [2.24, 2.45) is 12.8 Å². The third kappa shape index (κ3) is 2.83. The van der Waals surface area contributed by atoms with Gasteiger partial charge in [0.1, 0.15) is 6.54 Å². The molecule has 0 fully saturated rings. The van der Waals surface area contributed by atoms with E-state index < -0.39 is 5.91 Å². The van der Waals surface area contributed by atoms with Crippen LogP contribution in [0.3, 0.4) is 0 Å². The maximum Gasteiger partial charge on any atom is 0.239 e. The van der Waals surface area contributed by atoms with E-state index in [0.717, 1.165) is 11.4 Å². The standard InChI is InChI=1S/C10H14N6O/c1-15-9(2-3-13-15)5-12-8-4-14-16(6-8)7-10(11)17/h2-4,6,12H,5,7H2,1H3,(H2,11,17). The van der Waals surface area contributed by atoms with Gasteiger partial charge < -0.3 is 11.1 Å². The van der Waals surface area contributed by atoms with Crippen molar-refractivity contribution >= 4 is 11.6 Å². The number of hydrogen-bond acceptors (Lipinski definition) is 4. The quantitative estimate of drug-likeness (QED) is 0.744. The first-order valence-corrected chi connectivity index (χ1v) is 5.16. The number of hydrogen-bond donors (Lipinski definition) is 2. The van der Waals surface area contributed by atoms with E-state index in [0.29, 0.717) is 6.54 Å². The Morgan fingerprint density at radius 3 is 3.00 bits per heavy atom. The van der Waals surface area contributed by atoms with E-state index in [-0.39, 0.29) is 6.54 Å². The predicted molar refractivity (Wildman–Crippen MR) is 62.0 cm³/mol. The highest BCUT2D eigenvalue weighted by molar-refractivity contribution is 5.73. The van der Waals surface area contributed by atoms with Crippen LogP contribution >= 0.6 is 0 Å². The number of carbonyl (C=O) groups excluding carboxylic acids is 1. The first-order valence-electron chi connectivity index (χ1n) is 5.16. The van der Waals surface area contributed by atoms with Crippen molar-refractivity contribution in [1.82, 2.24) is 19.6 Å². The topological polar surface area (TPSA) is 90.8 Å². The Bertz CT molecular complexity index is 514. The van der Waals surface area contributed by atoms with Crippen molar-refractivity contribution in [3.05, 3.63) is 30.4 Å². The van der Waals surface area contributed by atoms with Gasteiger partial charge in [0.15, 0.2) is 0 Å². The number of nitrogens with two attached hydrogens (primary N) is 1. The normalized spacial score (nSPS) is 10.4. The number of anilines is 1. The number of amides is 1. The molecule has 0 aliphatic rings. The van der Waals surface area contributed by atoms with Crippen LogP contribution < -0.4 is 11.1 Å². The van der Waals surface area contributed by atoms with E-state index in [4.69, 9.17) is 5.73 Å². The number of carbonyl (C=O) groups is 1. The van der Waals surface area contributed by atoms with Crippen molar-refractivity contribution in [1.29, 1.82) is 0 Å². The van der Waals surface area contributed by atoms with E-state index in [1.807, 2.05) is 13.1 Å². The van der Waals surface area contributed by atoms with Crippen LogP contribution in [-0.2, 0) is 24.9 Å². The van der Waals surface area contributed by atoms with Crippen LogP contribution in [0.5, 0.6) is 0 Å². The van der Waals surface area contributed by atoms with Gasteiger partial charge in [-0.15, -0.1) is 0 Å². The second kappa shape index (κ2) is 4.69. The summed E-state index contributed by atoms with van der Waals surface area (Å²) in [4.78, 5) is 10.7. The molecule has 0 unspecified atom stereocenters. The molecule has 2 aromatic rings. The summed E-state index contributed by atoms with van der Waals surface area (Å²) in [5.41, 5.74) is 6.98. The van der Waals surface area contributed by atoms with Gasteiger partial charge in [0.05, 0.1) is 24.1 Å². The Morgan fingerprint density at radius 2 is 2.35 bits per heavy atom. The molecule has 0 aliphatic heterocycles. The summed E-state index contributed by atoms with van der Waals surface area (Å²) in [7, 11) is 1.88. The highest BCUT2D eigenvalue weighted by atomic mass is 16.1. The van der Waals surface area contributed by atoms with E-state index in [1.165, 1.54) is 4.68 Å². The zero-order valence-electron chi connectivity index (χ0n) is 9.50. The molecule has 2 aromatic heterocycles. The van der Waals surface area contributed by atoms with E-state index >= 15 is 0 Å². The lowest BCUT2D eigenvalue weighted by atomic mass is 10.4. The molecule has 0 aromatic carbocycles. The van der Waals surface area contributed by atoms with Crippen LogP contribution in [0.1, 0.15) is 5.69 Å². The monoisotopic (exact) mass is 234 g/mol. The van der Waals surface area contributed by atoms with Gasteiger partial charge in [-0.1, -0.05) is 0 Å². The first kappa shape index (κ1) is 11.2. The van der Waals surface area contributed by atoms with Crippen LogP contribution in [0.2, 0.25) is 0 Å². The molecule has 0 atom stereocenters. The highest BCUT2D eigenvalue weighted by Gasteiger charge is 2.02. The highest BCUT2D eigenvalue weighted by Crippen LogP contribution is 2.07. The van der Waals surface area contributed by atoms with Gasteiger partial charge in [-0.05, 0) is 6.07 Å². The van der Waals surface area contributed by atoms with Crippen LogP contribution in [0.15, 0.2) is 24.7 Å². The summed E-state index contributed by atoms with van der Waals surface area (Å²) in [6.45, 7) is 0.742. The Hall–Kier alpha value is -2.31. The van der Waals surface area contributed by atoms with Gasteiger partial charge in [-0.25, -0.2) is 0 Å². The molecule has 3 N–H and O–H groups in total. The molecule has 0 spiro atoms. The molecule has 17 heavy (non-hydrogen) atoms. The molecule has 0 saturated heterocycles. The predicted octanol–water partition coefficient (Wildman–Crippen LogP) is -0.286. The minimum absolute atomic E-state index is 0.0907. The number of nitrogens with one attached hydrogen (secondary N) is 1. The van der Waals surface area contributed by atoms with Gasteiger partial charge in [-0.2, -0.15) is 10.2 Å². The van der Waals surface area contributed by atoms with Crippen molar-refractivity contribution in [2.75, 3.05) is 5.32 Å². The summed E-state index contributed by atoms with van der Waals surface area (Å²) >= 11 is 0. The van der Waals surface area contributed by atoms with Gasteiger partial charge >= 0.3 is 0 Å². The number of nitrogens with zero attached hydrogens (tertiary/aromatic N) is 4. The molecule has 0 aliphatic carbocycles. The fraction of sp³-hybridized carbons (Fsp3) is 0.300. The SMILES string of the molecule is Cn1nccc1CNc1cnn(CC(N)=O)c1. The summed E-state index contributed by atoms with van der Waals surface area (Å²) in [5.74, 6) is -0.411. The molecule has 0 saturated carbocycles. The minimum atomic E-state index is -0.411. The van der Waals surface area contributed by atoms with Crippen molar-refractivity contribution in [2.45, 2.75) is 13.1 Å². The molecule has 7 heteroatoms. The molecule has 0 bridgehead atoms. The fourth-order valence-corrected chi connectivity index (χ4v) is 1.47. The largest absolute Gasteiger partial charge is 0.377 e. The molecule has 2 rings (SSSR count). The smallest absolute Gasteiger partial charge is 0.239 e. The molecular formula is C10H14N6O. The second-order valence-electron chi connectivity index (χ2n) is 3.69. The third-order valence-electron chi connectivity index (χ3n) is 2.35. The van der Waals surface area contributed by atoms with Gasteiger partial charge in [0.25, 0.3) is 0 Å². The Kier molecular flexibility index (Phi) is 3.08. The zero-order valence-corrected chi connectivity index (χ0v) is 9.50. The second-order valence-corrected chi connectivity index (χ2v) is 3.69. The molecule has 90 valence electrons. The average molecular weight is 234 g/mol. The molecule has 2 heterocycles. The Morgan fingerprint density at radius 1 is 1.53 bits per heavy atom. The number of rotatable bonds is 5. The van der Waals surface area contributed by atoms with Crippen molar-refractivity contribution in [3.8, 4) is 0 Å². The maximum atomic E-state index is 10.7. The van der Waals surface area contributed by atoms with E-state index in [1.54, 1.807) is 23.3 Å². The minimum Gasteiger partial charge on any atom is -0.377 e. The molecule has 0 radical (unpaired) electrons. The molecular weight excluding hydrogens is 220 g/mol. The van der Waals surface area contributed by atoms with Crippen molar-refractivity contribution < 1.29 is 4.79 Å². The van der Waals surface area contributed by atoms with Crippen LogP contribution in [0, 0.1) is 0 Å². The van der Waals surface area contributed by atoms with Crippen molar-refractivity contribution in [3.63, 3.8) is 0 Å². The van der Waals surface area contributed by atoms with Crippen LogP contribution in [0.4, 0.5) is 5.69 Å². The van der Waals surface area contributed by atoms with Gasteiger partial charge in [-0.3, -0.25) is 14.2 Å². The summed E-state index contributed by atoms with van der Waals surface area (Å²) in [6.07, 6.45) is 5.13. The lowest BCUT2D eigenvalue weighted by Crippen LogP contribution is -2.18. The number of aryl methyl sites for hydroxylation is 1. The summed E-state index contributed by atoms with van der Waals surface area (Å²) in [6, 6.07) is 1.93. The number of aromatic nitrogens is 4. The van der Waals surface area contributed by atoms with E-state index in [9.17, 15) is 4.79 Å². The van der Waals surface area contributed by atoms with Gasteiger partial charge in [0.2, 0.25) is 5.91 Å². The molecule has 7 nitrogen and oxygen atoms in total. The first-order chi connectivity index (χ1) is 8.15. The summed E-state index contributed by atoms with van der Waals surface area (Å²) < 4.78 is 3.29. The molecule has 1 amide bonds. The Balaban J connectivity index is 1.93. The fourth-order valence-electron chi connectivity index (χ4n) is 1.47. The Labute approximate surface area is 98.2 Å².